The number of carbonyl (C=O) groups excluding carboxylic acids is 1. The van der Waals surface area contributed by atoms with Gasteiger partial charge in [-0.05, 0) is 32.6 Å². The van der Waals surface area contributed by atoms with Crippen LogP contribution in [0.1, 0.15) is 46.2 Å². The van der Waals surface area contributed by atoms with Crippen LogP contribution < -0.4 is 0 Å². The molecule has 4 nitrogen and oxygen atoms in total. The third kappa shape index (κ3) is 2.66. The monoisotopic (exact) mass is 255 g/mol. The normalized spacial score (nSPS) is 16.9. The second-order valence-electron chi connectivity index (χ2n) is 4.17. The Morgan fingerprint density at radius 3 is 2.82 bits per heavy atom. The molecule has 1 heterocycles. The maximum atomic E-state index is 11.7. The van der Waals surface area contributed by atoms with Crippen molar-refractivity contribution in [1.82, 2.24) is 4.98 Å². The maximum Gasteiger partial charge on any atom is 0.358 e. The summed E-state index contributed by atoms with van der Waals surface area (Å²) in [5, 5.41) is 0.899. The van der Waals surface area contributed by atoms with Crippen molar-refractivity contribution in [2.75, 3.05) is 13.7 Å². The highest BCUT2D eigenvalue weighted by molar-refractivity contribution is 7.11. The molecule has 1 aliphatic carbocycles. The van der Waals surface area contributed by atoms with Crippen molar-refractivity contribution < 1.29 is 14.3 Å². The van der Waals surface area contributed by atoms with Crippen molar-refractivity contribution in [3.63, 3.8) is 0 Å². The number of esters is 1. The number of hydrogen-bond acceptors (Lipinski definition) is 5. The van der Waals surface area contributed by atoms with Crippen LogP contribution in [0.2, 0.25) is 0 Å². The molecule has 0 amide bonds. The van der Waals surface area contributed by atoms with Gasteiger partial charge < -0.3 is 9.47 Å². The second kappa shape index (κ2) is 5.14. The minimum Gasteiger partial charge on any atom is -0.461 e. The minimum absolute atomic E-state index is 0.0434. The maximum absolute atomic E-state index is 11.7. The third-order valence-electron chi connectivity index (χ3n) is 2.83. The number of nitrogens with zero attached hydrogens (tertiary/aromatic N) is 1. The van der Waals surface area contributed by atoms with Crippen molar-refractivity contribution in [3.05, 3.63) is 15.6 Å². The summed E-state index contributed by atoms with van der Waals surface area (Å²) in [5.41, 5.74) is 0.439. The summed E-state index contributed by atoms with van der Waals surface area (Å²) in [6, 6.07) is 0. The first-order valence-corrected chi connectivity index (χ1v) is 6.66. The molecule has 17 heavy (non-hydrogen) atoms. The Hall–Kier alpha value is -0.940. The van der Waals surface area contributed by atoms with Gasteiger partial charge in [0.25, 0.3) is 0 Å². The lowest BCUT2D eigenvalue weighted by molar-refractivity contribution is 0.0516. The summed E-state index contributed by atoms with van der Waals surface area (Å²) < 4.78 is 10.4. The molecule has 1 aromatic heterocycles. The fraction of sp³-hybridized carbons (Fsp3) is 0.667. The number of methoxy groups -OCH3 is 1. The summed E-state index contributed by atoms with van der Waals surface area (Å²) in [6.45, 7) is 4.07. The Morgan fingerprint density at radius 2 is 2.29 bits per heavy atom. The molecule has 0 spiro atoms. The van der Waals surface area contributed by atoms with Crippen molar-refractivity contribution >= 4 is 17.3 Å². The van der Waals surface area contributed by atoms with E-state index in [9.17, 15) is 4.79 Å². The number of thiazole rings is 1. The Morgan fingerprint density at radius 1 is 1.59 bits per heavy atom. The number of ether oxygens (including phenoxy) is 2. The van der Waals surface area contributed by atoms with Crippen LogP contribution in [0.25, 0.3) is 0 Å². The molecule has 1 fully saturated rings. The summed E-state index contributed by atoms with van der Waals surface area (Å²) >= 11 is 1.53. The molecule has 5 heteroatoms. The first-order valence-electron chi connectivity index (χ1n) is 5.84. The van der Waals surface area contributed by atoms with Crippen LogP contribution in [-0.4, -0.2) is 24.7 Å². The predicted octanol–water partition coefficient (Wildman–Crippen LogP) is 2.73. The van der Waals surface area contributed by atoms with Crippen molar-refractivity contribution in [1.29, 1.82) is 0 Å². The van der Waals surface area contributed by atoms with Crippen LogP contribution in [0.4, 0.5) is 0 Å². The van der Waals surface area contributed by atoms with Gasteiger partial charge in [0.2, 0.25) is 0 Å². The van der Waals surface area contributed by atoms with Crippen LogP contribution >= 0.6 is 11.3 Å². The third-order valence-corrected chi connectivity index (χ3v) is 3.86. The van der Waals surface area contributed by atoms with Gasteiger partial charge in [-0.15, -0.1) is 11.3 Å². The molecule has 0 bridgehead atoms. The van der Waals surface area contributed by atoms with Gasteiger partial charge in [0, 0.05) is 12.0 Å². The molecule has 94 valence electrons. The Kier molecular flexibility index (Phi) is 3.79. The predicted molar refractivity (Wildman–Crippen MR) is 65.3 cm³/mol. The molecule has 1 atom stereocenters. The number of carbonyl (C=O) groups is 1. The van der Waals surface area contributed by atoms with Crippen LogP contribution in [0, 0.1) is 12.8 Å². The SMILES string of the molecule is CCOC(=O)c1nc(C(OC)C2CC2)sc1C. The number of aromatic nitrogens is 1. The van der Waals surface area contributed by atoms with Crippen LogP contribution in [0.15, 0.2) is 0 Å². The van der Waals surface area contributed by atoms with Crippen molar-refractivity contribution in [2.45, 2.75) is 32.8 Å². The molecule has 1 saturated carbocycles. The van der Waals surface area contributed by atoms with E-state index in [4.69, 9.17) is 9.47 Å². The molecule has 0 aliphatic heterocycles. The fourth-order valence-corrected chi connectivity index (χ4v) is 2.90. The highest BCUT2D eigenvalue weighted by Gasteiger charge is 2.35. The van der Waals surface area contributed by atoms with Gasteiger partial charge in [0.1, 0.15) is 11.1 Å². The van der Waals surface area contributed by atoms with Gasteiger partial charge in [-0.1, -0.05) is 0 Å². The van der Waals surface area contributed by atoms with Gasteiger partial charge in [0.05, 0.1) is 6.61 Å². The molecular formula is C12H17NO3S. The minimum atomic E-state index is -0.335. The van der Waals surface area contributed by atoms with Gasteiger partial charge >= 0.3 is 5.97 Å². The summed E-state index contributed by atoms with van der Waals surface area (Å²) in [4.78, 5) is 16.9. The Bertz CT molecular complexity index is 412. The molecule has 0 radical (unpaired) electrons. The topological polar surface area (TPSA) is 48.4 Å². The first kappa shape index (κ1) is 12.5. The van der Waals surface area contributed by atoms with E-state index in [1.165, 1.54) is 24.2 Å². The van der Waals surface area contributed by atoms with E-state index in [0.29, 0.717) is 18.2 Å². The number of hydrogen-bond donors (Lipinski definition) is 0. The number of aryl methyl sites for hydroxylation is 1. The second-order valence-corrected chi connectivity index (χ2v) is 5.41. The fourth-order valence-electron chi connectivity index (χ4n) is 1.82. The van der Waals surface area contributed by atoms with E-state index in [2.05, 4.69) is 4.98 Å². The van der Waals surface area contributed by atoms with Gasteiger partial charge in [-0.3, -0.25) is 0 Å². The standard InChI is InChI=1S/C12H17NO3S/c1-4-16-12(14)9-7(2)17-11(13-9)10(15-3)8-5-6-8/h8,10H,4-6H2,1-3H3. The van der Waals surface area contributed by atoms with E-state index in [0.717, 1.165) is 9.88 Å². The zero-order chi connectivity index (χ0) is 12.4. The summed E-state index contributed by atoms with van der Waals surface area (Å²) in [6.07, 6.45) is 2.42. The molecule has 1 unspecified atom stereocenters. The van der Waals surface area contributed by atoms with E-state index < -0.39 is 0 Å². The molecule has 0 N–H and O–H groups in total. The lowest BCUT2D eigenvalue weighted by Gasteiger charge is -2.10. The smallest absolute Gasteiger partial charge is 0.358 e. The lowest BCUT2D eigenvalue weighted by atomic mass is 10.2. The van der Waals surface area contributed by atoms with Crippen LogP contribution in [0.5, 0.6) is 0 Å². The molecule has 0 saturated heterocycles. The highest BCUT2D eigenvalue weighted by atomic mass is 32.1. The van der Waals surface area contributed by atoms with E-state index in [1.807, 2.05) is 6.92 Å². The zero-order valence-corrected chi connectivity index (χ0v) is 11.2. The van der Waals surface area contributed by atoms with Crippen molar-refractivity contribution in [3.8, 4) is 0 Å². The van der Waals surface area contributed by atoms with Gasteiger partial charge in [-0.2, -0.15) is 0 Å². The van der Waals surface area contributed by atoms with Crippen LogP contribution in [0.3, 0.4) is 0 Å². The zero-order valence-electron chi connectivity index (χ0n) is 10.4. The quantitative estimate of drug-likeness (QED) is 0.759. The summed E-state index contributed by atoms with van der Waals surface area (Å²) in [7, 11) is 1.70. The van der Waals surface area contributed by atoms with E-state index in [1.54, 1.807) is 14.0 Å². The molecule has 0 aromatic carbocycles. The average Bonchev–Trinajstić information content (AvgIpc) is 3.04. The van der Waals surface area contributed by atoms with Crippen LogP contribution in [-0.2, 0) is 9.47 Å². The average molecular weight is 255 g/mol. The van der Waals surface area contributed by atoms with Crippen molar-refractivity contribution in [2.24, 2.45) is 5.92 Å². The molecular weight excluding hydrogens is 238 g/mol. The Balaban J connectivity index is 2.19. The van der Waals surface area contributed by atoms with Gasteiger partial charge in [-0.25, -0.2) is 9.78 Å². The highest BCUT2D eigenvalue weighted by Crippen LogP contribution is 2.44. The number of rotatable bonds is 5. The largest absolute Gasteiger partial charge is 0.461 e. The van der Waals surface area contributed by atoms with Gasteiger partial charge in [0.15, 0.2) is 5.69 Å². The Labute approximate surface area is 105 Å². The molecule has 1 aromatic rings. The lowest BCUT2D eigenvalue weighted by Crippen LogP contribution is -2.08. The first-order chi connectivity index (χ1) is 8.17. The van der Waals surface area contributed by atoms with E-state index >= 15 is 0 Å². The summed E-state index contributed by atoms with van der Waals surface area (Å²) in [5.74, 6) is 0.235. The van der Waals surface area contributed by atoms with E-state index in [-0.39, 0.29) is 12.1 Å². The molecule has 2 rings (SSSR count). The molecule has 1 aliphatic rings.